The van der Waals surface area contributed by atoms with Gasteiger partial charge in [-0.15, -0.1) is 15.3 Å². The number of nitriles is 1. The predicted molar refractivity (Wildman–Crippen MR) is 115 cm³/mol. The molecule has 0 radical (unpaired) electrons. The molecule has 3 aromatic rings. The summed E-state index contributed by atoms with van der Waals surface area (Å²) in [6.45, 7) is 0. The first-order valence-electron chi connectivity index (χ1n) is 11.1. The molecule has 162 valence electrons. The van der Waals surface area contributed by atoms with Gasteiger partial charge in [0.25, 0.3) is 5.82 Å². The molecule has 10 heteroatoms. The Labute approximate surface area is 184 Å². The Kier molecular flexibility index (Phi) is 4.50. The second-order valence-corrected chi connectivity index (χ2v) is 8.87. The number of benzene rings is 1. The Balaban J connectivity index is 1.24. The van der Waals surface area contributed by atoms with E-state index in [0.717, 1.165) is 18.7 Å². The van der Waals surface area contributed by atoms with E-state index in [1.54, 1.807) is 24.4 Å². The van der Waals surface area contributed by atoms with Crippen LogP contribution in [0.25, 0.3) is 17.1 Å². The van der Waals surface area contributed by atoms with Gasteiger partial charge in [0.1, 0.15) is 18.1 Å². The Morgan fingerprint density at radius 3 is 2.50 bits per heavy atom. The fourth-order valence-electron chi connectivity index (χ4n) is 5.08. The fraction of sp³-hybridized carbons (Fsp3) is 0.455. The van der Waals surface area contributed by atoms with Crippen molar-refractivity contribution in [1.29, 1.82) is 5.26 Å². The summed E-state index contributed by atoms with van der Waals surface area (Å²) in [6.07, 6.45) is 10.4. The number of aromatic hydroxyl groups is 1. The lowest BCUT2D eigenvalue weighted by atomic mass is 9.98. The van der Waals surface area contributed by atoms with Crippen molar-refractivity contribution in [3.05, 3.63) is 36.5 Å². The van der Waals surface area contributed by atoms with Crippen LogP contribution in [0.5, 0.6) is 5.75 Å². The highest BCUT2D eigenvalue weighted by Crippen LogP contribution is 2.38. The monoisotopic (exact) mass is 429 g/mol. The zero-order valence-electron chi connectivity index (χ0n) is 17.5. The lowest BCUT2D eigenvalue weighted by Gasteiger charge is -2.38. The third-order valence-electron chi connectivity index (χ3n) is 6.67. The van der Waals surface area contributed by atoms with Crippen molar-refractivity contribution < 1.29 is 5.11 Å². The van der Waals surface area contributed by atoms with Gasteiger partial charge in [0.2, 0.25) is 0 Å². The number of phenolic OH excluding ortho intramolecular Hbond substituents is 1. The molecule has 1 aromatic carbocycles. The van der Waals surface area contributed by atoms with E-state index in [0.29, 0.717) is 41.2 Å². The Bertz CT molecular complexity index is 1170. The first-order valence-corrected chi connectivity index (χ1v) is 11.1. The number of nitrogens with one attached hydrogen (secondary N) is 1. The number of hydrogen-bond donors (Lipinski definition) is 2. The van der Waals surface area contributed by atoms with Gasteiger partial charge in [-0.3, -0.25) is 0 Å². The molecule has 10 nitrogen and oxygen atoms in total. The molecule has 3 atom stereocenters. The first kappa shape index (κ1) is 19.1. The number of rotatable bonds is 5. The van der Waals surface area contributed by atoms with Gasteiger partial charge in [0, 0.05) is 30.2 Å². The van der Waals surface area contributed by atoms with Crippen LogP contribution in [0.2, 0.25) is 0 Å². The molecule has 3 aliphatic rings. The minimum Gasteiger partial charge on any atom is -0.507 e. The highest BCUT2D eigenvalue weighted by atomic mass is 16.3. The van der Waals surface area contributed by atoms with Gasteiger partial charge < -0.3 is 15.3 Å². The molecule has 1 unspecified atom stereocenters. The van der Waals surface area contributed by atoms with Crippen LogP contribution >= 0.6 is 0 Å². The number of piperidine rings is 1. The molecule has 1 aliphatic carbocycles. The summed E-state index contributed by atoms with van der Waals surface area (Å²) in [6, 6.07) is 9.17. The molecule has 6 rings (SSSR count). The maximum Gasteiger partial charge on any atom is 0.252 e. The topological polar surface area (TPSA) is 129 Å². The van der Waals surface area contributed by atoms with Crippen LogP contribution in [-0.4, -0.2) is 59.2 Å². The van der Waals surface area contributed by atoms with Crippen LogP contribution in [0, 0.1) is 11.3 Å². The van der Waals surface area contributed by atoms with Crippen LogP contribution in [-0.2, 0) is 0 Å². The molecular formula is C22H23N9O. The lowest BCUT2D eigenvalue weighted by molar-refractivity contribution is 0.343. The Morgan fingerprint density at radius 2 is 1.88 bits per heavy atom. The van der Waals surface area contributed by atoms with E-state index < -0.39 is 0 Å². The van der Waals surface area contributed by atoms with E-state index in [-0.39, 0.29) is 11.6 Å². The SMILES string of the molecule is N#Cc1ncn(-c2ccc(-c3ncc(N(C4CC4)C4C[C@H]5CC[C@@H](C4)N5)nn3)c(O)c2)n1. The predicted octanol–water partition coefficient (Wildman–Crippen LogP) is 1.95. The average Bonchev–Trinajstić information content (AvgIpc) is 3.41. The van der Waals surface area contributed by atoms with E-state index in [2.05, 4.69) is 35.5 Å². The summed E-state index contributed by atoms with van der Waals surface area (Å²) < 4.78 is 1.43. The van der Waals surface area contributed by atoms with Crippen LogP contribution < -0.4 is 10.2 Å². The van der Waals surface area contributed by atoms with Crippen molar-refractivity contribution in [1.82, 2.24) is 35.3 Å². The second-order valence-electron chi connectivity index (χ2n) is 8.87. The summed E-state index contributed by atoms with van der Waals surface area (Å²) in [7, 11) is 0. The quantitative estimate of drug-likeness (QED) is 0.625. The first-order chi connectivity index (χ1) is 15.7. The van der Waals surface area contributed by atoms with Crippen LogP contribution in [0.4, 0.5) is 5.82 Å². The molecule has 1 saturated carbocycles. The Hall–Kier alpha value is -3.58. The number of hydrogen-bond acceptors (Lipinski definition) is 9. The third kappa shape index (κ3) is 3.44. The number of nitrogens with zero attached hydrogens (tertiary/aromatic N) is 8. The van der Waals surface area contributed by atoms with Crippen molar-refractivity contribution in [2.45, 2.75) is 62.7 Å². The third-order valence-corrected chi connectivity index (χ3v) is 6.67. The molecule has 2 aliphatic heterocycles. The second kappa shape index (κ2) is 7.53. The molecule has 2 aromatic heterocycles. The molecule has 2 N–H and O–H groups in total. The molecule has 2 bridgehead atoms. The molecule has 4 heterocycles. The number of anilines is 1. The molecular weight excluding hydrogens is 406 g/mol. The molecule has 32 heavy (non-hydrogen) atoms. The summed E-state index contributed by atoms with van der Waals surface area (Å²) in [5.74, 6) is 1.28. The highest BCUT2D eigenvalue weighted by molar-refractivity contribution is 5.66. The van der Waals surface area contributed by atoms with Gasteiger partial charge in [-0.25, -0.2) is 14.6 Å². The number of phenols is 1. The number of aromatic nitrogens is 6. The molecule has 2 saturated heterocycles. The van der Waals surface area contributed by atoms with E-state index in [9.17, 15) is 5.11 Å². The lowest BCUT2D eigenvalue weighted by Crippen LogP contribution is -2.49. The van der Waals surface area contributed by atoms with Crippen LogP contribution in [0.15, 0.2) is 30.7 Å². The zero-order chi connectivity index (χ0) is 21.7. The van der Waals surface area contributed by atoms with Crippen molar-refractivity contribution >= 4 is 5.82 Å². The van der Waals surface area contributed by atoms with Crippen molar-refractivity contribution in [2.75, 3.05) is 4.90 Å². The van der Waals surface area contributed by atoms with Gasteiger partial charge in [0.15, 0.2) is 11.6 Å². The maximum absolute atomic E-state index is 10.6. The molecule has 0 amide bonds. The maximum atomic E-state index is 10.6. The summed E-state index contributed by atoms with van der Waals surface area (Å²) in [5, 5.41) is 36.1. The average molecular weight is 429 g/mol. The standard InChI is InChI=1S/C22H23N9O/c23-10-20-25-12-30(29-20)16-5-6-18(19(32)9-16)22-24-11-21(27-28-22)31(15-3-4-15)17-7-13-1-2-14(8-17)26-13/h5-6,9,11-15,17,26,32H,1-4,7-8H2/t13-,14+,17?. The van der Waals surface area contributed by atoms with E-state index in [1.165, 1.54) is 36.7 Å². The normalized spacial score (nSPS) is 24.3. The van der Waals surface area contributed by atoms with Gasteiger partial charge in [-0.05, 0) is 50.7 Å². The minimum absolute atomic E-state index is 0.0139. The zero-order valence-corrected chi connectivity index (χ0v) is 17.5. The summed E-state index contributed by atoms with van der Waals surface area (Å²) >= 11 is 0. The van der Waals surface area contributed by atoms with Gasteiger partial charge in [-0.1, -0.05) is 0 Å². The minimum atomic E-state index is 0.0139. The fourth-order valence-corrected chi connectivity index (χ4v) is 5.08. The Morgan fingerprint density at radius 1 is 1.06 bits per heavy atom. The van der Waals surface area contributed by atoms with Crippen molar-refractivity contribution in [3.8, 4) is 28.9 Å². The van der Waals surface area contributed by atoms with Gasteiger partial charge in [0.05, 0.1) is 17.4 Å². The molecule has 0 spiro atoms. The van der Waals surface area contributed by atoms with Crippen molar-refractivity contribution in [2.24, 2.45) is 0 Å². The van der Waals surface area contributed by atoms with Gasteiger partial charge >= 0.3 is 0 Å². The van der Waals surface area contributed by atoms with Gasteiger partial charge in [-0.2, -0.15) is 5.26 Å². The summed E-state index contributed by atoms with van der Waals surface area (Å²) in [5.41, 5.74) is 1.08. The largest absolute Gasteiger partial charge is 0.507 e. The van der Waals surface area contributed by atoms with Crippen LogP contribution in [0.1, 0.15) is 44.3 Å². The van der Waals surface area contributed by atoms with E-state index >= 15 is 0 Å². The molecule has 3 fully saturated rings. The highest BCUT2D eigenvalue weighted by Gasteiger charge is 2.41. The van der Waals surface area contributed by atoms with Crippen LogP contribution in [0.3, 0.4) is 0 Å². The van der Waals surface area contributed by atoms with E-state index in [4.69, 9.17) is 5.26 Å². The number of fused-ring (bicyclic) bond motifs is 2. The van der Waals surface area contributed by atoms with E-state index in [1.807, 2.05) is 6.07 Å². The smallest absolute Gasteiger partial charge is 0.252 e. The summed E-state index contributed by atoms with van der Waals surface area (Å²) in [4.78, 5) is 10.9. The van der Waals surface area contributed by atoms with Crippen molar-refractivity contribution in [3.63, 3.8) is 0 Å².